The molecule has 1 aromatic carbocycles. The van der Waals surface area contributed by atoms with Gasteiger partial charge in [0, 0.05) is 42.5 Å². The lowest BCUT2D eigenvalue weighted by molar-refractivity contribution is -0.384. The minimum absolute atomic E-state index is 0.0102. The summed E-state index contributed by atoms with van der Waals surface area (Å²) in [4.78, 5) is 28.4. The molecule has 2 aliphatic heterocycles. The minimum Gasteiger partial charge on any atom is -0.378 e. The fraction of sp³-hybridized carbons (Fsp3) is 0.500. The number of thiocarbonyl (C=S) groups is 1. The molecule has 7 nitrogen and oxygen atoms in total. The Morgan fingerprint density at radius 2 is 1.93 bits per heavy atom. The number of carbonyl (C=O) groups excluding carboxylic acids is 1. The van der Waals surface area contributed by atoms with Crippen molar-refractivity contribution in [3.63, 3.8) is 0 Å². The van der Waals surface area contributed by atoms with Gasteiger partial charge in [0.05, 0.1) is 23.0 Å². The SMILES string of the molecule is O=C1/C(=C\c2cc([N+](=O)[O-])ccc2N2CCOCC2)SC(=S)N1C1CCCCC1. The Balaban J connectivity index is 1.66. The summed E-state index contributed by atoms with van der Waals surface area (Å²) in [6, 6.07) is 4.98. The molecule has 1 aliphatic carbocycles. The molecule has 1 amide bonds. The average Bonchev–Trinajstić information content (AvgIpc) is 3.02. The molecule has 4 rings (SSSR count). The van der Waals surface area contributed by atoms with E-state index in [1.807, 2.05) is 0 Å². The molecule has 0 aromatic heterocycles. The van der Waals surface area contributed by atoms with Crippen LogP contribution in [0, 0.1) is 10.1 Å². The van der Waals surface area contributed by atoms with Gasteiger partial charge in [0.15, 0.2) is 0 Å². The van der Waals surface area contributed by atoms with Gasteiger partial charge < -0.3 is 9.64 Å². The van der Waals surface area contributed by atoms with E-state index in [4.69, 9.17) is 17.0 Å². The standard InChI is InChI=1S/C20H23N3O4S2/c24-19-18(29-20(28)22(19)15-4-2-1-3-5-15)13-14-12-16(23(25)26)6-7-17(14)21-8-10-27-11-9-21/h6-7,12-13,15H,1-5,8-11H2/b18-13+. The molecule has 3 fully saturated rings. The zero-order valence-corrected chi connectivity index (χ0v) is 17.7. The fourth-order valence-corrected chi connectivity index (χ4v) is 5.53. The van der Waals surface area contributed by atoms with Crippen molar-refractivity contribution in [2.75, 3.05) is 31.2 Å². The number of hydrogen-bond donors (Lipinski definition) is 0. The van der Waals surface area contributed by atoms with Crippen molar-refractivity contribution in [1.82, 2.24) is 4.90 Å². The number of non-ortho nitro benzene ring substituents is 1. The highest BCUT2D eigenvalue weighted by Crippen LogP contribution is 2.39. The zero-order valence-electron chi connectivity index (χ0n) is 16.0. The molecule has 1 aromatic rings. The van der Waals surface area contributed by atoms with Crippen LogP contribution in [0.5, 0.6) is 0 Å². The van der Waals surface area contributed by atoms with E-state index in [-0.39, 0.29) is 17.6 Å². The first-order chi connectivity index (χ1) is 14.0. The van der Waals surface area contributed by atoms with Crippen LogP contribution in [0.3, 0.4) is 0 Å². The van der Waals surface area contributed by atoms with Crippen LogP contribution in [-0.4, -0.2) is 52.4 Å². The number of benzene rings is 1. The van der Waals surface area contributed by atoms with Gasteiger partial charge in [-0.2, -0.15) is 0 Å². The molecule has 2 heterocycles. The number of morpholine rings is 1. The second kappa shape index (κ2) is 8.81. The number of thioether (sulfide) groups is 1. The van der Waals surface area contributed by atoms with Gasteiger partial charge in [-0.3, -0.25) is 19.8 Å². The average molecular weight is 434 g/mol. The lowest BCUT2D eigenvalue weighted by atomic mass is 9.94. The van der Waals surface area contributed by atoms with Crippen molar-refractivity contribution in [2.24, 2.45) is 0 Å². The Bertz CT molecular complexity index is 861. The highest BCUT2D eigenvalue weighted by molar-refractivity contribution is 8.26. The van der Waals surface area contributed by atoms with Crippen LogP contribution < -0.4 is 4.90 Å². The Labute approximate surface area is 179 Å². The third-order valence-corrected chi connectivity index (χ3v) is 6.95. The minimum atomic E-state index is -0.409. The summed E-state index contributed by atoms with van der Waals surface area (Å²) in [6.07, 6.45) is 7.17. The molecule has 0 unspecified atom stereocenters. The molecular formula is C20H23N3O4S2. The van der Waals surface area contributed by atoms with Gasteiger partial charge in [0.1, 0.15) is 4.32 Å². The number of nitrogens with zero attached hydrogens (tertiary/aromatic N) is 3. The molecular weight excluding hydrogens is 410 g/mol. The van der Waals surface area contributed by atoms with Gasteiger partial charge in [-0.05, 0) is 25.0 Å². The van der Waals surface area contributed by atoms with E-state index in [0.717, 1.165) is 31.4 Å². The van der Waals surface area contributed by atoms with Crippen molar-refractivity contribution in [3.8, 4) is 0 Å². The maximum absolute atomic E-state index is 13.1. The van der Waals surface area contributed by atoms with Crippen LogP contribution in [0.4, 0.5) is 11.4 Å². The van der Waals surface area contributed by atoms with Crippen LogP contribution in [0.25, 0.3) is 6.08 Å². The summed E-state index contributed by atoms with van der Waals surface area (Å²) < 4.78 is 6.01. The molecule has 0 radical (unpaired) electrons. The Morgan fingerprint density at radius 3 is 2.62 bits per heavy atom. The summed E-state index contributed by atoms with van der Waals surface area (Å²) >= 11 is 6.80. The predicted octanol–water partition coefficient (Wildman–Crippen LogP) is 3.97. The number of nitro groups is 1. The lowest BCUT2D eigenvalue weighted by Gasteiger charge is -2.30. The topological polar surface area (TPSA) is 75.9 Å². The first kappa shape index (κ1) is 20.3. The molecule has 0 atom stereocenters. The molecule has 1 saturated carbocycles. The van der Waals surface area contributed by atoms with Crippen LogP contribution in [0.2, 0.25) is 0 Å². The highest BCUT2D eigenvalue weighted by atomic mass is 32.2. The monoisotopic (exact) mass is 433 g/mol. The first-order valence-corrected chi connectivity index (χ1v) is 11.2. The highest BCUT2D eigenvalue weighted by Gasteiger charge is 2.37. The number of carbonyl (C=O) groups is 1. The smallest absolute Gasteiger partial charge is 0.270 e. The van der Waals surface area contributed by atoms with Crippen molar-refractivity contribution in [2.45, 2.75) is 38.1 Å². The normalized spacial score (nSPS) is 22.6. The van der Waals surface area contributed by atoms with Crippen molar-refractivity contribution >= 4 is 51.7 Å². The molecule has 154 valence electrons. The van der Waals surface area contributed by atoms with E-state index in [1.165, 1.54) is 30.3 Å². The van der Waals surface area contributed by atoms with E-state index in [2.05, 4.69) is 4.90 Å². The van der Waals surface area contributed by atoms with E-state index in [1.54, 1.807) is 17.0 Å². The number of ether oxygens (including phenoxy) is 1. The number of amides is 1. The zero-order chi connectivity index (χ0) is 20.4. The van der Waals surface area contributed by atoms with Crippen LogP contribution >= 0.6 is 24.0 Å². The number of anilines is 1. The molecule has 0 N–H and O–H groups in total. The molecule has 2 saturated heterocycles. The molecule has 3 aliphatic rings. The van der Waals surface area contributed by atoms with Crippen LogP contribution in [-0.2, 0) is 9.53 Å². The predicted molar refractivity (Wildman–Crippen MR) is 118 cm³/mol. The van der Waals surface area contributed by atoms with E-state index in [9.17, 15) is 14.9 Å². The van der Waals surface area contributed by atoms with Gasteiger partial charge in [-0.1, -0.05) is 43.2 Å². The second-order valence-electron chi connectivity index (χ2n) is 7.44. The van der Waals surface area contributed by atoms with Crippen molar-refractivity contribution < 1.29 is 14.5 Å². The maximum Gasteiger partial charge on any atom is 0.270 e. The number of nitro benzene ring substituents is 1. The van der Waals surface area contributed by atoms with Crippen LogP contribution in [0.1, 0.15) is 37.7 Å². The lowest BCUT2D eigenvalue weighted by Crippen LogP contribution is -2.39. The summed E-state index contributed by atoms with van der Waals surface area (Å²) in [5, 5.41) is 11.3. The summed E-state index contributed by atoms with van der Waals surface area (Å²) in [7, 11) is 0. The number of hydrogen-bond acceptors (Lipinski definition) is 7. The van der Waals surface area contributed by atoms with E-state index >= 15 is 0 Å². The van der Waals surface area contributed by atoms with E-state index in [0.29, 0.717) is 41.1 Å². The largest absolute Gasteiger partial charge is 0.378 e. The van der Waals surface area contributed by atoms with Gasteiger partial charge in [-0.25, -0.2) is 0 Å². The first-order valence-electron chi connectivity index (χ1n) is 9.93. The summed E-state index contributed by atoms with van der Waals surface area (Å²) in [5.41, 5.74) is 1.56. The third-order valence-electron chi connectivity index (χ3n) is 5.62. The fourth-order valence-electron chi connectivity index (χ4n) is 4.14. The Morgan fingerprint density at radius 1 is 1.21 bits per heavy atom. The van der Waals surface area contributed by atoms with Gasteiger partial charge >= 0.3 is 0 Å². The van der Waals surface area contributed by atoms with Crippen molar-refractivity contribution in [1.29, 1.82) is 0 Å². The molecule has 0 bridgehead atoms. The maximum atomic E-state index is 13.1. The number of rotatable bonds is 4. The van der Waals surface area contributed by atoms with E-state index < -0.39 is 4.92 Å². The van der Waals surface area contributed by atoms with Gasteiger partial charge in [0.2, 0.25) is 0 Å². The Hall–Kier alpha value is -1.97. The molecule has 9 heteroatoms. The molecule has 0 spiro atoms. The third kappa shape index (κ3) is 4.31. The van der Waals surface area contributed by atoms with Crippen LogP contribution in [0.15, 0.2) is 23.1 Å². The second-order valence-corrected chi connectivity index (χ2v) is 9.12. The quantitative estimate of drug-likeness (QED) is 0.308. The molecule has 29 heavy (non-hydrogen) atoms. The summed E-state index contributed by atoms with van der Waals surface area (Å²) in [5.74, 6) is -0.0775. The van der Waals surface area contributed by atoms with Gasteiger partial charge in [-0.15, -0.1) is 0 Å². The summed E-state index contributed by atoms with van der Waals surface area (Å²) in [6.45, 7) is 2.64. The Kier molecular flexibility index (Phi) is 6.17. The van der Waals surface area contributed by atoms with Crippen molar-refractivity contribution in [3.05, 3.63) is 38.8 Å². The van der Waals surface area contributed by atoms with Gasteiger partial charge in [0.25, 0.3) is 11.6 Å².